The molecule has 1 rings (SSSR count). The van der Waals surface area contributed by atoms with Crippen molar-refractivity contribution in [3.63, 3.8) is 0 Å². The van der Waals surface area contributed by atoms with Crippen LogP contribution in [0.2, 0.25) is 0 Å². The lowest BCUT2D eigenvalue weighted by Gasteiger charge is -2.09. The highest BCUT2D eigenvalue weighted by Gasteiger charge is 2.01. The molecule has 1 amide bonds. The SMILES string of the molecule is CON(C)C(=O)/C=C/c1ccc(O)cc1. The summed E-state index contributed by atoms with van der Waals surface area (Å²) in [5.74, 6) is -0.0435. The Labute approximate surface area is 88.3 Å². The fraction of sp³-hybridized carbons (Fsp3) is 0.182. The monoisotopic (exact) mass is 207 g/mol. The molecule has 0 fully saturated rings. The Bertz CT molecular complexity index is 357. The van der Waals surface area contributed by atoms with E-state index < -0.39 is 0 Å². The Morgan fingerprint density at radius 3 is 2.53 bits per heavy atom. The second kappa shape index (κ2) is 5.17. The zero-order chi connectivity index (χ0) is 11.3. The van der Waals surface area contributed by atoms with Crippen LogP contribution < -0.4 is 0 Å². The Balaban J connectivity index is 2.65. The van der Waals surface area contributed by atoms with Crippen molar-refractivity contribution < 1.29 is 14.7 Å². The molecule has 0 aromatic heterocycles. The molecule has 0 unspecified atom stereocenters. The minimum Gasteiger partial charge on any atom is -0.508 e. The van der Waals surface area contributed by atoms with Crippen LogP contribution >= 0.6 is 0 Å². The fourth-order valence-electron chi connectivity index (χ4n) is 0.948. The van der Waals surface area contributed by atoms with Crippen molar-refractivity contribution in [2.45, 2.75) is 0 Å². The van der Waals surface area contributed by atoms with E-state index >= 15 is 0 Å². The lowest BCUT2D eigenvalue weighted by Crippen LogP contribution is -2.22. The summed E-state index contributed by atoms with van der Waals surface area (Å²) in [6, 6.07) is 6.55. The second-order valence-corrected chi connectivity index (χ2v) is 2.94. The third kappa shape index (κ3) is 3.44. The molecule has 80 valence electrons. The lowest BCUT2D eigenvalue weighted by molar-refractivity contribution is -0.162. The van der Waals surface area contributed by atoms with Crippen LogP contribution in [-0.4, -0.2) is 30.2 Å². The molecule has 0 heterocycles. The number of hydrogen-bond acceptors (Lipinski definition) is 3. The summed E-state index contributed by atoms with van der Waals surface area (Å²) >= 11 is 0. The number of phenols is 1. The molecule has 0 saturated heterocycles. The van der Waals surface area contributed by atoms with Gasteiger partial charge in [-0.25, -0.2) is 5.06 Å². The molecule has 0 saturated carbocycles. The number of hydrogen-bond donors (Lipinski definition) is 1. The van der Waals surface area contributed by atoms with E-state index in [2.05, 4.69) is 0 Å². The largest absolute Gasteiger partial charge is 0.508 e. The molecule has 15 heavy (non-hydrogen) atoms. The van der Waals surface area contributed by atoms with E-state index in [1.165, 1.54) is 20.2 Å². The number of nitrogens with zero attached hydrogens (tertiary/aromatic N) is 1. The molecule has 4 heteroatoms. The lowest BCUT2D eigenvalue weighted by atomic mass is 10.2. The number of amides is 1. The molecule has 1 aromatic carbocycles. The topological polar surface area (TPSA) is 49.8 Å². The van der Waals surface area contributed by atoms with E-state index in [1.54, 1.807) is 30.3 Å². The van der Waals surface area contributed by atoms with Gasteiger partial charge in [0.1, 0.15) is 5.75 Å². The van der Waals surface area contributed by atoms with Gasteiger partial charge in [-0.1, -0.05) is 12.1 Å². The molecule has 4 nitrogen and oxygen atoms in total. The van der Waals surface area contributed by atoms with Gasteiger partial charge in [-0.15, -0.1) is 0 Å². The number of phenolic OH excluding ortho intramolecular Hbond substituents is 1. The van der Waals surface area contributed by atoms with Crippen LogP contribution in [-0.2, 0) is 9.63 Å². The van der Waals surface area contributed by atoms with Crippen LogP contribution in [0.3, 0.4) is 0 Å². The molecule has 1 N–H and O–H groups in total. The van der Waals surface area contributed by atoms with Gasteiger partial charge < -0.3 is 5.11 Å². The molecule has 0 radical (unpaired) electrons. The third-order valence-electron chi connectivity index (χ3n) is 1.90. The minimum absolute atomic E-state index is 0.201. The van der Waals surface area contributed by atoms with Crippen LogP contribution in [0.4, 0.5) is 0 Å². The highest BCUT2D eigenvalue weighted by Crippen LogP contribution is 2.10. The highest BCUT2D eigenvalue weighted by atomic mass is 16.7. The van der Waals surface area contributed by atoms with Gasteiger partial charge in [0.25, 0.3) is 5.91 Å². The maximum Gasteiger partial charge on any atom is 0.269 e. The van der Waals surface area contributed by atoms with Crippen molar-refractivity contribution >= 4 is 12.0 Å². The summed E-state index contributed by atoms with van der Waals surface area (Å²) in [6.07, 6.45) is 3.05. The van der Waals surface area contributed by atoms with Crippen LogP contribution in [0, 0.1) is 0 Å². The number of rotatable bonds is 3. The number of hydroxylamine groups is 2. The van der Waals surface area contributed by atoms with Crippen molar-refractivity contribution in [2.75, 3.05) is 14.2 Å². The number of likely N-dealkylation sites (N-methyl/N-ethyl adjacent to an activating group) is 1. The predicted molar refractivity (Wildman–Crippen MR) is 56.9 cm³/mol. The first-order valence-electron chi connectivity index (χ1n) is 4.42. The molecule has 0 aliphatic heterocycles. The molecule has 0 aliphatic rings. The van der Waals surface area contributed by atoms with Gasteiger partial charge in [0.05, 0.1) is 7.11 Å². The summed E-state index contributed by atoms with van der Waals surface area (Å²) < 4.78 is 0. The summed E-state index contributed by atoms with van der Waals surface area (Å²) in [5.41, 5.74) is 0.839. The van der Waals surface area contributed by atoms with Crippen molar-refractivity contribution in [2.24, 2.45) is 0 Å². The minimum atomic E-state index is -0.245. The van der Waals surface area contributed by atoms with Gasteiger partial charge >= 0.3 is 0 Å². The highest BCUT2D eigenvalue weighted by molar-refractivity contribution is 5.90. The van der Waals surface area contributed by atoms with Crippen LogP contribution in [0.1, 0.15) is 5.56 Å². The first-order chi connectivity index (χ1) is 7.13. The zero-order valence-corrected chi connectivity index (χ0v) is 8.68. The van der Waals surface area contributed by atoms with Crippen molar-refractivity contribution in [3.8, 4) is 5.75 Å². The van der Waals surface area contributed by atoms with Crippen molar-refractivity contribution in [1.82, 2.24) is 5.06 Å². The molecule has 0 spiro atoms. The zero-order valence-electron chi connectivity index (χ0n) is 8.68. The summed E-state index contributed by atoms with van der Waals surface area (Å²) in [5, 5.41) is 10.2. The Morgan fingerprint density at radius 2 is 2.00 bits per heavy atom. The van der Waals surface area contributed by atoms with Gasteiger partial charge in [0, 0.05) is 13.1 Å². The summed E-state index contributed by atoms with van der Waals surface area (Å²) in [4.78, 5) is 16.0. The third-order valence-corrected chi connectivity index (χ3v) is 1.90. The smallest absolute Gasteiger partial charge is 0.269 e. The molecular formula is C11H13NO3. The maximum absolute atomic E-state index is 11.3. The molecule has 0 aliphatic carbocycles. The second-order valence-electron chi connectivity index (χ2n) is 2.94. The first kappa shape index (κ1) is 11.3. The van der Waals surface area contributed by atoms with Gasteiger partial charge in [-0.05, 0) is 23.8 Å². The van der Waals surface area contributed by atoms with E-state index in [0.29, 0.717) is 0 Å². The molecular weight excluding hydrogens is 194 g/mol. The van der Waals surface area contributed by atoms with Gasteiger partial charge in [-0.3, -0.25) is 9.63 Å². The Morgan fingerprint density at radius 1 is 1.40 bits per heavy atom. The van der Waals surface area contributed by atoms with Crippen LogP contribution in [0.25, 0.3) is 6.08 Å². The van der Waals surface area contributed by atoms with E-state index in [1.807, 2.05) is 0 Å². The standard InChI is InChI=1S/C11H13NO3/c1-12(15-2)11(14)8-5-9-3-6-10(13)7-4-9/h3-8,13H,1-2H3/b8-5+. The fourth-order valence-corrected chi connectivity index (χ4v) is 0.948. The quantitative estimate of drug-likeness (QED) is 0.602. The average molecular weight is 207 g/mol. The van der Waals surface area contributed by atoms with Gasteiger partial charge in [-0.2, -0.15) is 0 Å². The maximum atomic E-state index is 11.3. The van der Waals surface area contributed by atoms with E-state index in [-0.39, 0.29) is 11.7 Å². The van der Waals surface area contributed by atoms with Crippen molar-refractivity contribution in [3.05, 3.63) is 35.9 Å². The predicted octanol–water partition coefficient (Wildman–Crippen LogP) is 1.43. The van der Waals surface area contributed by atoms with Crippen molar-refractivity contribution in [1.29, 1.82) is 0 Å². The Hall–Kier alpha value is -1.81. The number of aromatic hydroxyl groups is 1. The van der Waals surface area contributed by atoms with Crippen LogP contribution in [0.15, 0.2) is 30.3 Å². The van der Waals surface area contributed by atoms with E-state index in [9.17, 15) is 4.79 Å². The van der Waals surface area contributed by atoms with Gasteiger partial charge in [0.2, 0.25) is 0 Å². The first-order valence-corrected chi connectivity index (χ1v) is 4.42. The number of carbonyl (C=O) groups excluding carboxylic acids is 1. The molecule has 1 aromatic rings. The number of benzene rings is 1. The number of carbonyl (C=O) groups is 1. The van der Waals surface area contributed by atoms with E-state index in [4.69, 9.17) is 9.94 Å². The Kier molecular flexibility index (Phi) is 3.88. The average Bonchev–Trinajstić information content (AvgIpc) is 2.26. The van der Waals surface area contributed by atoms with Gasteiger partial charge in [0.15, 0.2) is 0 Å². The summed E-state index contributed by atoms with van der Waals surface area (Å²) in [6.45, 7) is 0. The molecule has 0 atom stereocenters. The summed E-state index contributed by atoms with van der Waals surface area (Å²) in [7, 11) is 2.95. The van der Waals surface area contributed by atoms with Crippen LogP contribution in [0.5, 0.6) is 5.75 Å². The molecule has 0 bridgehead atoms. The normalized spacial score (nSPS) is 10.5. The van der Waals surface area contributed by atoms with E-state index in [0.717, 1.165) is 10.6 Å².